The van der Waals surface area contributed by atoms with E-state index in [4.69, 9.17) is 15.6 Å². The lowest BCUT2D eigenvalue weighted by molar-refractivity contribution is -0.154. The lowest BCUT2D eigenvalue weighted by atomic mass is 9.93. The number of halogens is 2. The van der Waals surface area contributed by atoms with Gasteiger partial charge in [-0.1, -0.05) is 0 Å². The van der Waals surface area contributed by atoms with E-state index in [9.17, 15) is 24.3 Å². The zero-order chi connectivity index (χ0) is 24.7. The Morgan fingerprint density at radius 1 is 1.23 bits per heavy atom. The normalized spacial score (nSPS) is 18.6. The maximum absolute atomic E-state index is 15.4. The number of pyridine rings is 1. The molecule has 12 heteroatoms. The van der Waals surface area contributed by atoms with Gasteiger partial charge in [0.2, 0.25) is 5.43 Å². The van der Waals surface area contributed by atoms with Gasteiger partial charge in [0.05, 0.1) is 17.6 Å². The number of carbonyl (C=O) groups is 3. The van der Waals surface area contributed by atoms with Gasteiger partial charge in [-0.15, -0.1) is 12.4 Å². The molecule has 0 saturated carbocycles. The monoisotopic (exact) mass is 511 g/mol. The highest BCUT2D eigenvalue weighted by atomic mass is 35.5. The van der Waals surface area contributed by atoms with Gasteiger partial charge in [0.25, 0.3) is 0 Å². The maximum atomic E-state index is 15.4. The van der Waals surface area contributed by atoms with E-state index in [0.29, 0.717) is 55.5 Å². The number of hydrogen-bond donors (Lipinski definition) is 3. The molecular weight excluding hydrogens is 485 g/mol. The van der Waals surface area contributed by atoms with Gasteiger partial charge in [0.15, 0.2) is 0 Å². The SMILES string of the molecule is C[C@H]1CCc2c(N3CCC(OC(=O)[C@@H](N)CC(=O)O)CC3)c(F)cc3c(=O)c(C(=O)O)cn1c23.Cl. The molecule has 0 unspecified atom stereocenters. The number of hydrogen-bond acceptors (Lipinski definition) is 7. The number of nitrogens with zero attached hydrogens (tertiary/aromatic N) is 2. The molecule has 3 heterocycles. The molecule has 2 atom stereocenters. The van der Waals surface area contributed by atoms with Crippen LogP contribution in [0, 0.1) is 5.82 Å². The summed E-state index contributed by atoms with van der Waals surface area (Å²) >= 11 is 0. The van der Waals surface area contributed by atoms with Crippen molar-refractivity contribution in [2.75, 3.05) is 18.0 Å². The Hall–Kier alpha value is -3.18. The second-order valence-corrected chi connectivity index (χ2v) is 8.88. The summed E-state index contributed by atoms with van der Waals surface area (Å²) in [5, 5.41) is 18.2. The predicted molar refractivity (Wildman–Crippen MR) is 127 cm³/mol. The van der Waals surface area contributed by atoms with Crippen molar-refractivity contribution in [3.8, 4) is 0 Å². The van der Waals surface area contributed by atoms with Crippen LogP contribution in [-0.4, -0.2) is 57.9 Å². The molecule has 10 nitrogen and oxygen atoms in total. The quantitative estimate of drug-likeness (QED) is 0.495. The highest BCUT2D eigenvalue weighted by Gasteiger charge is 2.31. The molecule has 0 aliphatic carbocycles. The minimum atomic E-state index is -1.35. The third-order valence-electron chi connectivity index (χ3n) is 6.60. The average molecular weight is 512 g/mol. The van der Waals surface area contributed by atoms with E-state index in [-0.39, 0.29) is 29.4 Å². The maximum Gasteiger partial charge on any atom is 0.341 e. The third-order valence-corrected chi connectivity index (χ3v) is 6.60. The second kappa shape index (κ2) is 10.2. The smallest absolute Gasteiger partial charge is 0.341 e. The molecule has 0 radical (unpaired) electrons. The predicted octanol–water partition coefficient (Wildman–Crippen LogP) is 2.08. The Labute approximate surface area is 205 Å². The highest BCUT2D eigenvalue weighted by Crippen LogP contribution is 2.39. The zero-order valence-electron chi connectivity index (χ0n) is 19.0. The topological polar surface area (TPSA) is 152 Å². The van der Waals surface area contributed by atoms with E-state index in [1.54, 1.807) is 4.57 Å². The standard InChI is InChI=1S/C23H26FN3O7.ClH/c1-11-2-3-13-19-14(21(30)15(22(31)32)10-27(11)19)8-16(24)20(13)26-6-4-12(5-7-26)34-23(33)17(25)9-18(28)29;/h8,10-12,17H,2-7,9,25H2,1H3,(H,28,29)(H,31,32);1H/t11-,17-;/m0./s1. The Morgan fingerprint density at radius 2 is 1.89 bits per heavy atom. The number of nitrogens with two attached hydrogens (primary N) is 1. The molecule has 1 aromatic carbocycles. The fraction of sp³-hybridized carbons (Fsp3) is 0.478. The summed E-state index contributed by atoms with van der Waals surface area (Å²) in [7, 11) is 0. The van der Waals surface area contributed by atoms with Crippen LogP contribution in [0.3, 0.4) is 0 Å². The van der Waals surface area contributed by atoms with Crippen LogP contribution in [0.25, 0.3) is 10.9 Å². The molecule has 0 bridgehead atoms. The van der Waals surface area contributed by atoms with Crippen molar-refractivity contribution in [1.29, 1.82) is 0 Å². The number of piperidine rings is 1. The van der Waals surface area contributed by atoms with Crippen LogP contribution < -0.4 is 16.1 Å². The van der Waals surface area contributed by atoms with E-state index >= 15 is 4.39 Å². The van der Waals surface area contributed by atoms with Crippen LogP contribution in [0.4, 0.5) is 10.1 Å². The Morgan fingerprint density at radius 3 is 2.49 bits per heavy atom. The summed E-state index contributed by atoms with van der Waals surface area (Å²) in [6, 6.07) is -0.173. The van der Waals surface area contributed by atoms with Gasteiger partial charge < -0.3 is 30.2 Å². The van der Waals surface area contributed by atoms with E-state index in [2.05, 4.69) is 0 Å². The molecule has 4 N–H and O–H groups in total. The Balaban J connectivity index is 0.00000342. The first-order chi connectivity index (χ1) is 16.1. The number of ether oxygens (including phenoxy) is 1. The number of anilines is 1. The molecule has 2 aliphatic heterocycles. The molecular formula is C23H27ClFN3O7. The number of rotatable bonds is 6. The summed E-state index contributed by atoms with van der Waals surface area (Å²) in [5.74, 6) is -3.91. The molecule has 190 valence electrons. The van der Waals surface area contributed by atoms with Gasteiger partial charge in [0.1, 0.15) is 23.5 Å². The molecule has 35 heavy (non-hydrogen) atoms. The first-order valence-electron chi connectivity index (χ1n) is 11.1. The molecule has 0 amide bonds. The van der Waals surface area contributed by atoms with Crippen molar-refractivity contribution in [3.05, 3.63) is 39.4 Å². The highest BCUT2D eigenvalue weighted by molar-refractivity contribution is 5.95. The van der Waals surface area contributed by atoms with Crippen molar-refractivity contribution in [2.24, 2.45) is 5.73 Å². The average Bonchev–Trinajstić information content (AvgIpc) is 2.77. The molecule has 4 rings (SSSR count). The number of carbonyl (C=O) groups excluding carboxylic acids is 1. The first kappa shape index (κ1) is 26.4. The lowest BCUT2D eigenvalue weighted by Crippen LogP contribution is -2.42. The van der Waals surface area contributed by atoms with Crippen molar-refractivity contribution in [3.63, 3.8) is 0 Å². The summed E-state index contributed by atoms with van der Waals surface area (Å²) in [6.07, 6.45) is 2.37. The van der Waals surface area contributed by atoms with E-state index in [0.717, 1.165) is 6.07 Å². The summed E-state index contributed by atoms with van der Waals surface area (Å²) in [5.41, 5.74) is 6.07. The summed E-state index contributed by atoms with van der Waals surface area (Å²) in [6.45, 7) is 2.69. The van der Waals surface area contributed by atoms with Crippen molar-refractivity contribution >= 4 is 46.9 Å². The molecule has 1 fully saturated rings. The van der Waals surface area contributed by atoms with E-state index in [1.807, 2.05) is 11.8 Å². The summed E-state index contributed by atoms with van der Waals surface area (Å²) in [4.78, 5) is 48.9. The minimum absolute atomic E-state index is 0. The van der Waals surface area contributed by atoms with Crippen molar-refractivity contribution in [2.45, 2.75) is 57.2 Å². The second-order valence-electron chi connectivity index (χ2n) is 8.88. The van der Waals surface area contributed by atoms with E-state index < -0.39 is 47.7 Å². The fourth-order valence-corrected chi connectivity index (χ4v) is 4.85. The van der Waals surface area contributed by atoms with Crippen LogP contribution in [0.2, 0.25) is 0 Å². The molecule has 1 saturated heterocycles. The van der Waals surface area contributed by atoms with Crippen LogP contribution >= 0.6 is 12.4 Å². The van der Waals surface area contributed by atoms with Gasteiger partial charge in [0, 0.05) is 49.1 Å². The van der Waals surface area contributed by atoms with Crippen LogP contribution in [0.1, 0.15) is 54.6 Å². The number of carboxylic acids is 2. The Bertz CT molecular complexity index is 1240. The van der Waals surface area contributed by atoms with Crippen LogP contribution in [0.5, 0.6) is 0 Å². The van der Waals surface area contributed by atoms with Crippen molar-refractivity contribution in [1.82, 2.24) is 4.57 Å². The largest absolute Gasteiger partial charge is 0.481 e. The van der Waals surface area contributed by atoms with Gasteiger partial charge >= 0.3 is 17.9 Å². The number of aromatic carboxylic acids is 1. The number of benzene rings is 1. The number of aliphatic carboxylic acids is 1. The molecule has 2 aromatic rings. The van der Waals surface area contributed by atoms with Gasteiger partial charge in [-0.2, -0.15) is 0 Å². The molecule has 0 spiro atoms. The number of carboxylic acid groups (broad SMARTS) is 2. The Kier molecular flexibility index (Phi) is 7.71. The summed E-state index contributed by atoms with van der Waals surface area (Å²) < 4.78 is 22.4. The number of aryl methyl sites for hydroxylation is 1. The minimum Gasteiger partial charge on any atom is -0.481 e. The van der Waals surface area contributed by atoms with Gasteiger partial charge in [-0.3, -0.25) is 14.4 Å². The van der Waals surface area contributed by atoms with Gasteiger partial charge in [-0.25, -0.2) is 9.18 Å². The van der Waals surface area contributed by atoms with Gasteiger partial charge in [-0.05, 0) is 25.8 Å². The van der Waals surface area contributed by atoms with Crippen molar-refractivity contribution < 1.29 is 33.7 Å². The molecule has 1 aromatic heterocycles. The third kappa shape index (κ3) is 4.96. The van der Waals surface area contributed by atoms with Crippen LogP contribution in [0.15, 0.2) is 17.1 Å². The number of aromatic nitrogens is 1. The van der Waals surface area contributed by atoms with E-state index in [1.165, 1.54) is 6.20 Å². The lowest BCUT2D eigenvalue weighted by Gasteiger charge is -2.37. The first-order valence-corrected chi connectivity index (χ1v) is 11.1. The van der Waals surface area contributed by atoms with Crippen LogP contribution in [-0.2, 0) is 20.7 Å². The number of esters is 1. The zero-order valence-corrected chi connectivity index (χ0v) is 19.8. The molecule has 2 aliphatic rings. The fourth-order valence-electron chi connectivity index (χ4n) is 4.85.